The topological polar surface area (TPSA) is 32.3 Å². The number of carbonyl (C=O) groups is 1. The van der Waals surface area contributed by atoms with Crippen molar-refractivity contribution in [3.8, 4) is 0 Å². The molecule has 2 aromatic rings. The van der Waals surface area contributed by atoms with Crippen molar-refractivity contribution in [3.63, 3.8) is 0 Å². The fourth-order valence-electron chi connectivity index (χ4n) is 1.66. The molecule has 2 rings (SSSR count). The number of likely N-dealkylation sites (N-methyl/N-ethyl adjacent to an activating group) is 1. The minimum Gasteiger partial charge on any atom is -0.365 e. The van der Waals surface area contributed by atoms with E-state index in [0.717, 1.165) is 10.6 Å². The average Bonchev–Trinajstić information content (AvgIpc) is 2.90. The minimum absolute atomic E-state index is 0.0553. The van der Waals surface area contributed by atoms with Gasteiger partial charge in [-0.25, -0.2) is 4.39 Å². The molecular formula is C14H15FN2OS. The summed E-state index contributed by atoms with van der Waals surface area (Å²) in [4.78, 5) is 14.7. The monoisotopic (exact) mass is 278 g/mol. The number of rotatable bonds is 5. The third-order valence-electron chi connectivity index (χ3n) is 2.69. The van der Waals surface area contributed by atoms with E-state index < -0.39 is 0 Å². The number of hydrogen-bond donors (Lipinski definition) is 1. The van der Waals surface area contributed by atoms with Crippen molar-refractivity contribution in [2.75, 3.05) is 18.5 Å². The van der Waals surface area contributed by atoms with Gasteiger partial charge in [0.15, 0.2) is 0 Å². The summed E-state index contributed by atoms with van der Waals surface area (Å²) in [5.41, 5.74) is 0.813. The first-order valence-corrected chi connectivity index (χ1v) is 6.79. The van der Waals surface area contributed by atoms with E-state index in [1.54, 1.807) is 35.4 Å². The van der Waals surface area contributed by atoms with Crippen molar-refractivity contribution in [2.45, 2.75) is 6.54 Å². The number of carbonyl (C=O) groups excluding carboxylic acids is 1. The second-order valence-corrected chi connectivity index (χ2v) is 5.22. The van der Waals surface area contributed by atoms with E-state index in [1.807, 2.05) is 17.5 Å². The summed E-state index contributed by atoms with van der Waals surface area (Å²) in [6.45, 7) is 0.796. The van der Waals surface area contributed by atoms with Gasteiger partial charge in [-0.05, 0) is 35.7 Å². The van der Waals surface area contributed by atoms with E-state index >= 15 is 0 Å². The van der Waals surface area contributed by atoms with Crippen LogP contribution in [0.15, 0.2) is 41.8 Å². The zero-order chi connectivity index (χ0) is 13.7. The predicted molar refractivity (Wildman–Crippen MR) is 75.8 cm³/mol. The number of halogens is 1. The number of nitrogens with one attached hydrogen (secondary N) is 1. The average molecular weight is 278 g/mol. The lowest BCUT2D eigenvalue weighted by molar-refractivity contribution is -0.119. The maximum absolute atomic E-state index is 12.8. The molecule has 19 heavy (non-hydrogen) atoms. The fraction of sp³-hybridized carbons (Fsp3) is 0.214. The highest BCUT2D eigenvalue weighted by atomic mass is 32.1. The van der Waals surface area contributed by atoms with Crippen LogP contribution in [-0.2, 0) is 11.3 Å². The Kier molecular flexibility index (Phi) is 4.52. The van der Waals surface area contributed by atoms with Gasteiger partial charge < -0.3 is 10.2 Å². The molecule has 0 aliphatic carbocycles. The molecule has 3 nitrogen and oxygen atoms in total. The zero-order valence-corrected chi connectivity index (χ0v) is 11.4. The van der Waals surface area contributed by atoms with Crippen molar-refractivity contribution < 1.29 is 9.18 Å². The van der Waals surface area contributed by atoms with E-state index in [-0.39, 0.29) is 18.3 Å². The van der Waals surface area contributed by atoms with Gasteiger partial charge in [-0.3, -0.25) is 4.79 Å². The van der Waals surface area contributed by atoms with E-state index in [2.05, 4.69) is 5.32 Å². The summed E-state index contributed by atoms with van der Waals surface area (Å²) in [5.74, 6) is -0.334. The number of benzene rings is 1. The van der Waals surface area contributed by atoms with Crippen LogP contribution in [0.4, 0.5) is 10.1 Å². The molecule has 1 amide bonds. The Morgan fingerprint density at radius 1 is 1.32 bits per heavy atom. The van der Waals surface area contributed by atoms with Crippen LogP contribution in [0.2, 0.25) is 0 Å². The first-order valence-electron chi connectivity index (χ1n) is 5.91. The third kappa shape index (κ3) is 4.06. The standard InChI is InChI=1S/C14H15FN2OS/c1-17(12-6-4-11(15)5-7-12)10-14(18)16-9-13-3-2-8-19-13/h2-8H,9-10H2,1H3,(H,16,18). The summed E-state index contributed by atoms with van der Waals surface area (Å²) in [7, 11) is 1.80. The van der Waals surface area contributed by atoms with E-state index in [4.69, 9.17) is 0 Å². The first kappa shape index (κ1) is 13.5. The predicted octanol–water partition coefficient (Wildman–Crippen LogP) is 2.64. The van der Waals surface area contributed by atoms with Gasteiger partial charge in [-0.15, -0.1) is 11.3 Å². The van der Waals surface area contributed by atoms with Gasteiger partial charge in [-0.1, -0.05) is 6.07 Å². The third-order valence-corrected chi connectivity index (χ3v) is 3.56. The Hall–Kier alpha value is -1.88. The Bertz CT molecular complexity index is 525. The SMILES string of the molecule is CN(CC(=O)NCc1cccs1)c1ccc(F)cc1. The maximum atomic E-state index is 12.8. The van der Waals surface area contributed by atoms with Crippen molar-refractivity contribution >= 4 is 22.9 Å². The van der Waals surface area contributed by atoms with Gasteiger partial charge in [-0.2, -0.15) is 0 Å². The lowest BCUT2D eigenvalue weighted by atomic mass is 10.3. The largest absolute Gasteiger partial charge is 0.365 e. The number of thiophene rings is 1. The molecule has 0 fully saturated rings. The molecule has 1 heterocycles. The van der Waals surface area contributed by atoms with Crippen LogP contribution in [0, 0.1) is 5.82 Å². The van der Waals surface area contributed by atoms with Crippen LogP contribution in [0.25, 0.3) is 0 Å². The molecule has 0 unspecified atom stereocenters. The molecule has 100 valence electrons. The summed E-state index contributed by atoms with van der Waals surface area (Å²) in [5, 5.41) is 4.83. The van der Waals surface area contributed by atoms with Crippen molar-refractivity contribution in [3.05, 3.63) is 52.5 Å². The van der Waals surface area contributed by atoms with Gasteiger partial charge in [0.2, 0.25) is 5.91 Å². The Morgan fingerprint density at radius 3 is 2.68 bits per heavy atom. The van der Waals surface area contributed by atoms with E-state index in [0.29, 0.717) is 6.54 Å². The quantitative estimate of drug-likeness (QED) is 0.912. The summed E-state index contributed by atoms with van der Waals surface area (Å²) < 4.78 is 12.8. The molecule has 0 aliphatic heterocycles. The molecule has 1 aromatic carbocycles. The van der Waals surface area contributed by atoms with Gasteiger partial charge in [0.25, 0.3) is 0 Å². The van der Waals surface area contributed by atoms with Crippen LogP contribution in [0.1, 0.15) is 4.88 Å². The molecule has 5 heteroatoms. The molecule has 0 saturated heterocycles. The number of amides is 1. The van der Waals surface area contributed by atoms with Gasteiger partial charge in [0, 0.05) is 17.6 Å². The van der Waals surface area contributed by atoms with Crippen molar-refractivity contribution in [1.82, 2.24) is 5.32 Å². The maximum Gasteiger partial charge on any atom is 0.239 e. The van der Waals surface area contributed by atoms with Crippen LogP contribution in [0.5, 0.6) is 0 Å². The molecule has 1 aromatic heterocycles. The lowest BCUT2D eigenvalue weighted by Gasteiger charge is -2.18. The molecule has 0 atom stereocenters. The molecule has 0 spiro atoms. The van der Waals surface area contributed by atoms with Crippen LogP contribution in [-0.4, -0.2) is 19.5 Å². The normalized spacial score (nSPS) is 10.2. The van der Waals surface area contributed by atoms with Crippen LogP contribution < -0.4 is 10.2 Å². The summed E-state index contributed by atoms with van der Waals surface area (Å²) in [6, 6.07) is 10.0. The molecule has 0 bridgehead atoms. The number of anilines is 1. The Morgan fingerprint density at radius 2 is 2.05 bits per heavy atom. The second kappa shape index (κ2) is 6.33. The zero-order valence-electron chi connectivity index (χ0n) is 10.6. The highest BCUT2D eigenvalue weighted by Crippen LogP contribution is 2.12. The van der Waals surface area contributed by atoms with Gasteiger partial charge in [0.05, 0.1) is 13.1 Å². The molecule has 1 N–H and O–H groups in total. The lowest BCUT2D eigenvalue weighted by Crippen LogP contribution is -2.34. The highest BCUT2D eigenvalue weighted by Gasteiger charge is 2.07. The molecule has 0 radical (unpaired) electrons. The number of nitrogens with zero attached hydrogens (tertiary/aromatic N) is 1. The van der Waals surface area contributed by atoms with Crippen molar-refractivity contribution in [2.24, 2.45) is 0 Å². The minimum atomic E-state index is -0.278. The smallest absolute Gasteiger partial charge is 0.239 e. The first-order chi connectivity index (χ1) is 9.15. The van der Waals surface area contributed by atoms with Crippen molar-refractivity contribution in [1.29, 1.82) is 0 Å². The van der Waals surface area contributed by atoms with Gasteiger partial charge >= 0.3 is 0 Å². The molecular weight excluding hydrogens is 263 g/mol. The Labute approximate surface area is 115 Å². The second-order valence-electron chi connectivity index (χ2n) is 4.19. The molecule has 0 saturated carbocycles. The van der Waals surface area contributed by atoms with E-state index in [9.17, 15) is 9.18 Å². The number of hydrogen-bond acceptors (Lipinski definition) is 3. The van der Waals surface area contributed by atoms with Crippen LogP contribution in [0.3, 0.4) is 0 Å². The summed E-state index contributed by atoms with van der Waals surface area (Å²) >= 11 is 1.61. The van der Waals surface area contributed by atoms with Crippen LogP contribution >= 0.6 is 11.3 Å². The Balaban J connectivity index is 1.83. The molecule has 0 aliphatic rings. The highest BCUT2D eigenvalue weighted by molar-refractivity contribution is 7.09. The van der Waals surface area contributed by atoms with E-state index in [1.165, 1.54) is 12.1 Å². The fourth-order valence-corrected chi connectivity index (χ4v) is 2.30. The van der Waals surface area contributed by atoms with Gasteiger partial charge in [0.1, 0.15) is 5.82 Å². The summed E-state index contributed by atoms with van der Waals surface area (Å²) in [6.07, 6.45) is 0.